The molecule has 0 N–H and O–H groups in total. The molecule has 0 saturated heterocycles. The first-order chi connectivity index (χ1) is 7.29. The van der Waals surface area contributed by atoms with Crippen molar-refractivity contribution in [3.8, 4) is 11.1 Å². The van der Waals surface area contributed by atoms with E-state index in [2.05, 4.69) is 12.6 Å². The molecule has 2 aromatic carbocycles. The van der Waals surface area contributed by atoms with Crippen molar-refractivity contribution >= 4 is 12.6 Å². The van der Waals surface area contributed by atoms with Crippen LogP contribution in [0.1, 0.15) is 0 Å². The maximum absolute atomic E-state index is 11.9. The summed E-state index contributed by atoms with van der Waals surface area (Å²) in [6.07, 6.45) is 0. The van der Waals surface area contributed by atoms with Crippen LogP contribution < -0.4 is 5.43 Å². The van der Waals surface area contributed by atoms with E-state index in [9.17, 15) is 4.79 Å². The lowest BCUT2D eigenvalue weighted by molar-refractivity contribution is 1.42. The van der Waals surface area contributed by atoms with Crippen molar-refractivity contribution in [1.82, 2.24) is 0 Å². The first-order valence-electron chi connectivity index (χ1n) is 4.67. The van der Waals surface area contributed by atoms with E-state index >= 15 is 0 Å². The molecule has 0 atom stereocenters. The summed E-state index contributed by atoms with van der Waals surface area (Å²) in [5.41, 5.74) is 1.58. The Morgan fingerprint density at radius 3 is 2.13 bits per heavy atom. The number of thiol groups is 1. The standard InChI is InChI=1S/C13H10OS/c14-13-11(8-4-5-9-12(13)15)10-6-2-1-3-7-10/h1-9H,(H,14,15). The highest BCUT2D eigenvalue weighted by molar-refractivity contribution is 7.80. The van der Waals surface area contributed by atoms with Gasteiger partial charge in [-0.05, 0) is 11.6 Å². The summed E-state index contributed by atoms with van der Waals surface area (Å²) >= 11 is 4.15. The van der Waals surface area contributed by atoms with Crippen molar-refractivity contribution in [2.24, 2.45) is 0 Å². The zero-order valence-electron chi connectivity index (χ0n) is 8.05. The van der Waals surface area contributed by atoms with E-state index in [0.717, 1.165) is 5.56 Å². The van der Waals surface area contributed by atoms with Gasteiger partial charge in [0.2, 0.25) is 0 Å². The van der Waals surface area contributed by atoms with Gasteiger partial charge >= 0.3 is 0 Å². The predicted molar refractivity (Wildman–Crippen MR) is 65.4 cm³/mol. The van der Waals surface area contributed by atoms with Crippen molar-refractivity contribution in [3.63, 3.8) is 0 Å². The van der Waals surface area contributed by atoms with Gasteiger partial charge in [0.1, 0.15) is 0 Å². The molecule has 2 heteroatoms. The van der Waals surface area contributed by atoms with E-state index in [1.54, 1.807) is 6.07 Å². The van der Waals surface area contributed by atoms with Gasteiger partial charge in [-0.2, -0.15) is 0 Å². The Morgan fingerprint density at radius 1 is 0.800 bits per heavy atom. The van der Waals surface area contributed by atoms with E-state index in [1.807, 2.05) is 48.5 Å². The second kappa shape index (κ2) is 4.32. The third kappa shape index (κ3) is 2.10. The van der Waals surface area contributed by atoms with Crippen LogP contribution in [0.25, 0.3) is 11.1 Å². The Morgan fingerprint density at radius 2 is 1.40 bits per heavy atom. The molecule has 0 heterocycles. The van der Waals surface area contributed by atoms with Crippen LogP contribution in [0.4, 0.5) is 0 Å². The first-order valence-corrected chi connectivity index (χ1v) is 5.11. The van der Waals surface area contributed by atoms with Crippen LogP contribution in [-0.2, 0) is 0 Å². The quantitative estimate of drug-likeness (QED) is 0.722. The van der Waals surface area contributed by atoms with Crippen molar-refractivity contribution in [2.45, 2.75) is 4.90 Å². The van der Waals surface area contributed by atoms with Crippen molar-refractivity contribution < 1.29 is 0 Å². The molecule has 2 rings (SSSR count). The highest BCUT2D eigenvalue weighted by Crippen LogP contribution is 2.14. The van der Waals surface area contributed by atoms with Gasteiger partial charge in [-0.25, -0.2) is 0 Å². The summed E-state index contributed by atoms with van der Waals surface area (Å²) in [4.78, 5) is 12.4. The van der Waals surface area contributed by atoms with Gasteiger partial charge in [0.25, 0.3) is 0 Å². The van der Waals surface area contributed by atoms with E-state index in [1.165, 1.54) is 0 Å². The number of hydrogen-bond donors (Lipinski definition) is 1. The van der Waals surface area contributed by atoms with Crippen LogP contribution in [0.5, 0.6) is 0 Å². The van der Waals surface area contributed by atoms with Gasteiger partial charge in [-0.3, -0.25) is 4.79 Å². The summed E-state index contributed by atoms with van der Waals surface area (Å²) in [6, 6.07) is 16.8. The lowest BCUT2D eigenvalue weighted by Gasteiger charge is -1.96. The smallest absolute Gasteiger partial charge is 0.199 e. The average molecular weight is 214 g/mol. The van der Waals surface area contributed by atoms with Crippen molar-refractivity contribution in [3.05, 3.63) is 64.8 Å². The Balaban J connectivity index is 2.71. The van der Waals surface area contributed by atoms with Gasteiger partial charge in [-0.1, -0.05) is 48.5 Å². The molecule has 0 saturated carbocycles. The molecular weight excluding hydrogens is 204 g/mol. The second-order valence-electron chi connectivity index (χ2n) is 3.21. The zero-order chi connectivity index (χ0) is 10.7. The molecule has 1 nitrogen and oxygen atoms in total. The third-order valence-electron chi connectivity index (χ3n) is 2.19. The monoisotopic (exact) mass is 214 g/mol. The van der Waals surface area contributed by atoms with Gasteiger partial charge in [0.05, 0.1) is 4.90 Å². The van der Waals surface area contributed by atoms with Crippen LogP contribution in [0.3, 0.4) is 0 Å². The topological polar surface area (TPSA) is 17.1 Å². The number of rotatable bonds is 1. The molecule has 0 aliphatic carbocycles. The predicted octanol–water partition coefficient (Wildman–Crippen LogP) is 3.00. The minimum Gasteiger partial charge on any atom is -0.288 e. The summed E-state index contributed by atoms with van der Waals surface area (Å²) in [6.45, 7) is 0. The molecule has 0 unspecified atom stereocenters. The van der Waals surface area contributed by atoms with Crippen molar-refractivity contribution in [2.75, 3.05) is 0 Å². The number of benzene rings is 1. The largest absolute Gasteiger partial charge is 0.288 e. The minimum atomic E-state index is -0.0328. The van der Waals surface area contributed by atoms with E-state index in [4.69, 9.17) is 0 Å². The Hall–Kier alpha value is -1.54. The average Bonchev–Trinajstić information content (AvgIpc) is 2.44. The van der Waals surface area contributed by atoms with E-state index in [-0.39, 0.29) is 5.43 Å². The van der Waals surface area contributed by atoms with Crippen molar-refractivity contribution in [1.29, 1.82) is 0 Å². The van der Waals surface area contributed by atoms with Gasteiger partial charge in [-0.15, -0.1) is 12.6 Å². The molecule has 0 spiro atoms. The summed E-state index contributed by atoms with van der Waals surface area (Å²) in [7, 11) is 0. The fourth-order valence-corrected chi connectivity index (χ4v) is 1.64. The molecule has 2 aromatic rings. The minimum absolute atomic E-state index is 0.0328. The maximum Gasteiger partial charge on any atom is 0.199 e. The summed E-state index contributed by atoms with van der Waals surface area (Å²) < 4.78 is 0. The Labute approximate surface area is 93.8 Å². The Bertz CT molecular complexity index is 520. The molecular formula is C13H10OS. The second-order valence-corrected chi connectivity index (χ2v) is 3.69. The zero-order valence-corrected chi connectivity index (χ0v) is 8.95. The SMILES string of the molecule is O=c1c(S)ccccc1-c1ccccc1. The van der Waals surface area contributed by atoms with Gasteiger partial charge < -0.3 is 0 Å². The van der Waals surface area contributed by atoms with E-state index < -0.39 is 0 Å². The molecule has 0 fully saturated rings. The third-order valence-corrected chi connectivity index (χ3v) is 2.54. The fraction of sp³-hybridized carbons (Fsp3) is 0. The van der Waals surface area contributed by atoms with Crippen LogP contribution in [0.15, 0.2) is 64.3 Å². The lowest BCUT2D eigenvalue weighted by Crippen LogP contribution is -2.01. The molecule has 15 heavy (non-hydrogen) atoms. The number of hydrogen-bond acceptors (Lipinski definition) is 2. The molecule has 0 radical (unpaired) electrons. The maximum atomic E-state index is 11.9. The Kier molecular flexibility index (Phi) is 2.88. The molecule has 0 aromatic heterocycles. The highest BCUT2D eigenvalue weighted by atomic mass is 32.1. The van der Waals surface area contributed by atoms with Crippen LogP contribution in [0.2, 0.25) is 0 Å². The van der Waals surface area contributed by atoms with E-state index in [0.29, 0.717) is 10.5 Å². The summed E-state index contributed by atoms with van der Waals surface area (Å²) in [5.74, 6) is 0. The fourth-order valence-electron chi connectivity index (χ4n) is 1.43. The molecule has 74 valence electrons. The van der Waals surface area contributed by atoms with Crippen LogP contribution in [0, 0.1) is 0 Å². The highest BCUT2D eigenvalue weighted by Gasteiger charge is 2.02. The normalized spacial score (nSPS) is 9.93. The van der Waals surface area contributed by atoms with Gasteiger partial charge in [0.15, 0.2) is 5.43 Å². The first kappa shape index (κ1) is 9.99. The molecule has 0 aliphatic rings. The van der Waals surface area contributed by atoms with Crippen LogP contribution >= 0.6 is 12.6 Å². The van der Waals surface area contributed by atoms with Crippen LogP contribution in [-0.4, -0.2) is 0 Å². The summed E-state index contributed by atoms with van der Waals surface area (Å²) in [5, 5.41) is 0. The lowest BCUT2D eigenvalue weighted by atomic mass is 10.1. The molecule has 0 amide bonds. The molecule has 0 aliphatic heterocycles. The van der Waals surface area contributed by atoms with Gasteiger partial charge in [0, 0.05) is 5.56 Å². The molecule has 0 bridgehead atoms.